The lowest BCUT2D eigenvalue weighted by Gasteiger charge is -2.57. The normalized spacial score (nSPS) is 21.6. The minimum Gasteiger partial charge on any atom is -0.493 e. The molecule has 5 atom stereocenters. The van der Waals surface area contributed by atoms with Crippen LogP contribution in [-0.2, 0) is 26.7 Å². The highest BCUT2D eigenvalue weighted by molar-refractivity contribution is 6.99. The van der Waals surface area contributed by atoms with Crippen molar-refractivity contribution in [2.45, 2.75) is 82.7 Å². The molecule has 0 saturated carbocycles. The summed E-state index contributed by atoms with van der Waals surface area (Å²) < 4.78 is 50.7. The second-order valence-corrected chi connectivity index (χ2v) is 21.3. The zero-order valence-corrected chi connectivity index (χ0v) is 36.8. The van der Waals surface area contributed by atoms with Crippen molar-refractivity contribution in [1.29, 1.82) is 5.26 Å². The van der Waals surface area contributed by atoms with Gasteiger partial charge in [-0.15, -0.1) is 0 Å². The van der Waals surface area contributed by atoms with E-state index in [1.807, 2.05) is 13.8 Å². The fourth-order valence-electron chi connectivity index (χ4n) is 10.3. The van der Waals surface area contributed by atoms with E-state index >= 15 is 0 Å². The fraction of sp³-hybridized carbons (Fsp3) is 0.438. The van der Waals surface area contributed by atoms with Crippen LogP contribution in [0.15, 0.2) is 79.4 Å². The zero-order valence-electron chi connectivity index (χ0n) is 35.8. The number of hydrogen-bond acceptors (Lipinski definition) is 11. The summed E-state index contributed by atoms with van der Waals surface area (Å²) in [5, 5.41) is 17.4. The van der Waals surface area contributed by atoms with Crippen LogP contribution in [0.3, 0.4) is 0 Å². The Bertz CT molecular complexity index is 2200. The molecule has 60 heavy (non-hydrogen) atoms. The molecule has 0 aliphatic carbocycles. The minimum absolute atomic E-state index is 0.0287. The van der Waals surface area contributed by atoms with E-state index in [1.54, 1.807) is 20.3 Å². The van der Waals surface area contributed by atoms with Gasteiger partial charge in [-0.25, -0.2) is 0 Å². The molecule has 8 rings (SSSR count). The van der Waals surface area contributed by atoms with Gasteiger partial charge in [-0.1, -0.05) is 100 Å². The lowest BCUT2D eigenvalue weighted by atomic mass is 9.72. The molecule has 316 valence electrons. The number of nitrogens with one attached hydrogen (secondary N) is 1. The molecule has 0 spiro atoms. The number of nitrogens with zero attached hydrogens (tertiary/aromatic N) is 2. The number of ether oxygens (including phenoxy) is 7. The maximum Gasteiger partial charge on any atom is 0.261 e. The predicted molar refractivity (Wildman–Crippen MR) is 232 cm³/mol. The van der Waals surface area contributed by atoms with Crippen molar-refractivity contribution in [3.63, 3.8) is 0 Å². The van der Waals surface area contributed by atoms with E-state index in [-0.39, 0.29) is 43.4 Å². The van der Waals surface area contributed by atoms with Crippen molar-refractivity contribution >= 4 is 18.7 Å². The second kappa shape index (κ2) is 17.2. The fourth-order valence-corrected chi connectivity index (χ4v) is 14.9. The van der Waals surface area contributed by atoms with Crippen molar-refractivity contribution in [3.8, 4) is 34.8 Å². The Morgan fingerprint density at radius 3 is 2.25 bits per heavy atom. The summed E-state index contributed by atoms with van der Waals surface area (Å²) in [7, 11) is 0.268. The molecular formula is C48H57N3O8Si. The third-order valence-electron chi connectivity index (χ3n) is 12.7. The van der Waals surface area contributed by atoms with E-state index in [0.717, 1.165) is 39.1 Å². The summed E-state index contributed by atoms with van der Waals surface area (Å²) in [5.41, 5.74) is 5.94. The highest BCUT2D eigenvalue weighted by Crippen LogP contribution is 2.57. The van der Waals surface area contributed by atoms with Crippen molar-refractivity contribution in [3.05, 3.63) is 113 Å². The van der Waals surface area contributed by atoms with Gasteiger partial charge >= 0.3 is 0 Å². The zero-order chi connectivity index (χ0) is 42.2. The molecule has 4 aromatic rings. The lowest BCUT2D eigenvalue weighted by Crippen LogP contribution is -2.70. The van der Waals surface area contributed by atoms with Crippen LogP contribution in [0.25, 0.3) is 0 Å². The molecule has 0 aromatic heterocycles. The number of rotatable bonds is 15. The van der Waals surface area contributed by atoms with Crippen molar-refractivity contribution in [1.82, 2.24) is 10.2 Å². The maximum atomic E-state index is 11.3. The van der Waals surface area contributed by atoms with Crippen molar-refractivity contribution < 1.29 is 37.6 Å². The topological polar surface area (TPSA) is 113 Å². The summed E-state index contributed by atoms with van der Waals surface area (Å²) >= 11 is 0. The van der Waals surface area contributed by atoms with Gasteiger partial charge in [-0.05, 0) is 53.2 Å². The first-order valence-corrected chi connectivity index (χ1v) is 22.8. The van der Waals surface area contributed by atoms with Gasteiger partial charge in [0.1, 0.15) is 18.4 Å². The van der Waals surface area contributed by atoms with Gasteiger partial charge in [0.25, 0.3) is 8.32 Å². The van der Waals surface area contributed by atoms with E-state index in [1.165, 1.54) is 10.4 Å². The maximum absolute atomic E-state index is 11.3. The van der Waals surface area contributed by atoms with Crippen LogP contribution >= 0.6 is 0 Å². The van der Waals surface area contributed by atoms with E-state index in [9.17, 15) is 5.26 Å². The standard InChI is InChI=1S/C48H57N3O8Si/c1-9-20-55-44-31(3)45-47(58-29-57-45)41-35(44)25-37-42-40-32(23-30(2)43(53-8)46(40)56-28-54-22-21-52-7)24-36(50-42)38(26-49)51(37)39(41)27-59-60(48(4,5)6,33-16-12-10-13-17-33)34-18-14-11-15-19-34/h9-19,23,36-39,42,50H,1,20-22,24-25,27-29H2,2-8H3/t36?,37?,38-,39-,42+/m0/s1. The molecule has 1 saturated heterocycles. The Balaban J connectivity index is 1.33. The molecule has 1 N–H and O–H groups in total. The predicted octanol–water partition coefficient (Wildman–Crippen LogP) is 6.61. The van der Waals surface area contributed by atoms with Gasteiger partial charge in [0.05, 0.1) is 45.1 Å². The summed E-state index contributed by atoms with van der Waals surface area (Å²) in [6, 6.07) is 24.7. The Kier molecular flexibility index (Phi) is 12.0. The van der Waals surface area contributed by atoms with Gasteiger partial charge < -0.3 is 42.9 Å². The number of fused-ring (bicyclic) bond motifs is 9. The van der Waals surface area contributed by atoms with Crippen LogP contribution < -0.4 is 39.4 Å². The van der Waals surface area contributed by atoms with Gasteiger partial charge in [0, 0.05) is 41.4 Å². The molecule has 12 heteroatoms. The van der Waals surface area contributed by atoms with E-state index < -0.39 is 20.4 Å². The van der Waals surface area contributed by atoms with E-state index in [2.05, 4.69) is 110 Å². The van der Waals surface area contributed by atoms with E-state index in [0.29, 0.717) is 55.7 Å². The molecule has 0 radical (unpaired) electrons. The van der Waals surface area contributed by atoms with Crippen LogP contribution in [0.5, 0.6) is 28.7 Å². The molecule has 4 heterocycles. The minimum atomic E-state index is -3.05. The lowest BCUT2D eigenvalue weighted by molar-refractivity contribution is -0.0237. The molecule has 2 unspecified atom stereocenters. The third kappa shape index (κ3) is 7.05. The Hall–Kier alpha value is -4.87. The average molecular weight is 832 g/mol. The van der Waals surface area contributed by atoms with Crippen LogP contribution in [0.2, 0.25) is 5.04 Å². The third-order valence-corrected chi connectivity index (χ3v) is 17.7. The Morgan fingerprint density at radius 1 is 0.917 bits per heavy atom. The van der Waals surface area contributed by atoms with Crippen molar-refractivity contribution in [2.75, 3.05) is 54.2 Å². The van der Waals surface area contributed by atoms with Gasteiger partial charge in [0.15, 0.2) is 29.8 Å². The SMILES string of the molecule is C=CCOc1c(C)c2c(c3c1CC1[C@H]4NC(Cc5cc(C)c(OC)c(OCOCCOC)c54)[C@H](C#N)N1[C@H]3CO[Si](c1ccccc1)(c1ccccc1)C(C)(C)C)OCO2. The molecule has 2 bridgehead atoms. The smallest absolute Gasteiger partial charge is 0.261 e. The molecule has 0 amide bonds. The van der Waals surface area contributed by atoms with Crippen LogP contribution in [0, 0.1) is 25.2 Å². The number of benzene rings is 4. The Morgan fingerprint density at radius 2 is 1.62 bits per heavy atom. The molecule has 4 aliphatic heterocycles. The second-order valence-electron chi connectivity index (χ2n) is 17.0. The van der Waals surface area contributed by atoms with Crippen LogP contribution in [0.1, 0.15) is 66.2 Å². The number of nitriles is 1. The molecule has 11 nitrogen and oxygen atoms in total. The molecule has 4 aliphatic rings. The van der Waals surface area contributed by atoms with Gasteiger partial charge in [-0.3, -0.25) is 4.90 Å². The highest BCUT2D eigenvalue weighted by Gasteiger charge is 2.57. The first-order valence-electron chi connectivity index (χ1n) is 20.9. The average Bonchev–Trinajstić information content (AvgIpc) is 3.74. The van der Waals surface area contributed by atoms with E-state index in [4.69, 9.17) is 37.6 Å². The summed E-state index contributed by atoms with van der Waals surface area (Å²) in [5.74, 6) is 3.42. The number of piperazine rings is 1. The number of hydrogen-bond donors (Lipinski definition) is 1. The largest absolute Gasteiger partial charge is 0.493 e. The van der Waals surface area contributed by atoms with Gasteiger partial charge in [-0.2, -0.15) is 5.26 Å². The summed E-state index contributed by atoms with van der Waals surface area (Å²) in [4.78, 5) is 2.41. The summed E-state index contributed by atoms with van der Waals surface area (Å²) in [6.45, 7) is 16.5. The quantitative estimate of drug-likeness (QED) is 0.0605. The van der Waals surface area contributed by atoms with Crippen LogP contribution in [-0.4, -0.2) is 85.6 Å². The summed E-state index contributed by atoms with van der Waals surface area (Å²) in [6.07, 6.45) is 2.93. The monoisotopic (exact) mass is 831 g/mol. The first kappa shape index (κ1) is 41.8. The van der Waals surface area contributed by atoms with Crippen LogP contribution in [0.4, 0.5) is 0 Å². The molecule has 4 aromatic carbocycles. The number of aryl methyl sites for hydroxylation is 1. The Labute approximate surface area is 355 Å². The first-order chi connectivity index (χ1) is 29.1. The highest BCUT2D eigenvalue weighted by atomic mass is 28.4. The van der Waals surface area contributed by atoms with Crippen molar-refractivity contribution in [2.24, 2.45) is 0 Å². The van der Waals surface area contributed by atoms with Gasteiger partial charge in [0.2, 0.25) is 6.79 Å². The molecular weight excluding hydrogens is 775 g/mol. The number of methoxy groups -OCH3 is 2. The molecule has 1 fully saturated rings.